The Bertz CT molecular complexity index is 358. The second kappa shape index (κ2) is 5.19. The fourth-order valence-corrected chi connectivity index (χ4v) is 2.78. The van der Waals surface area contributed by atoms with Crippen molar-refractivity contribution < 1.29 is 5.11 Å². The molecule has 1 fully saturated rings. The van der Waals surface area contributed by atoms with Crippen molar-refractivity contribution in [1.82, 2.24) is 4.90 Å². The molecule has 0 radical (unpaired) electrons. The lowest BCUT2D eigenvalue weighted by molar-refractivity contribution is 0.219. The van der Waals surface area contributed by atoms with Gasteiger partial charge < -0.3 is 10.0 Å². The highest BCUT2D eigenvalue weighted by atomic mass is 16.3. The van der Waals surface area contributed by atoms with Crippen molar-refractivity contribution >= 4 is 0 Å². The number of likely N-dealkylation sites (N-methyl/N-ethyl adjacent to an activating group) is 1. The van der Waals surface area contributed by atoms with Crippen LogP contribution in [0.3, 0.4) is 0 Å². The number of rotatable bonds is 3. The molecule has 2 atom stereocenters. The minimum absolute atomic E-state index is 0.293. The Morgan fingerprint density at radius 1 is 1.24 bits per heavy atom. The molecular formula is C15H23NO. The average molecular weight is 233 g/mol. The third kappa shape index (κ3) is 2.70. The second-order valence-electron chi connectivity index (χ2n) is 5.59. The van der Waals surface area contributed by atoms with Crippen molar-refractivity contribution in [2.24, 2.45) is 5.92 Å². The summed E-state index contributed by atoms with van der Waals surface area (Å²) in [4.78, 5) is 2.31. The highest BCUT2D eigenvalue weighted by Crippen LogP contribution is 2.32. The molecule has 1 heterocycles. The zero-order valence-electron chi connectivity index (χ0n) is 11.1. The maximum atomic E-state index is 9.43. The first-order chi connectivity index (χ1) is 8.11. The molecular weight excluding hydrogens is 210 g/mol. The SMILES string of the molecule is CC(C)c1ccc(C2CN(C)CC2CO)cc1. The lowest BCUT2D eigenvalue weighted by Crippen LogP contribution is -2.15. The van der Waals surface area contributed by atoms with Gasteiger partial charge >= 0.3 is 0 Å². The minimum atomic E-state index is 0.293. The van der Waals surface area contributed by atoms with Gasteiger partial charge in [0.15, 0.2) is 0 Å². The van der Waals surface area contributed by atoms with Gasteiger partial charge in [-0.15, -0.1) is 0 Å². The van der Waals surface area contributed by atoms with Crippen LogP contribution in [0, 0.1) is 5.92 Å². The monoisotopic (exact) mass is 233 g/mol. The van der Waals surface area contributed by atoms with Crippen LogP contribution in [0.5, 0.6) is 0 Å². The van der Waals surface area contributed by atoms with Crippen molar-refractivity contribution in [2.45, 2.75) is 25.7 Å². The van der Waals surface area contributed by atoms with Gasteiger partial charge in [-0.1, -0.05) is 38.1 Å². The lowest BCUT2D eigenvalue weighted by atomic mass is 9.88. The number of hydrogen-bond acceptors (Lipinski definition) is 2. The molecule has 2 rings (SSSR count). The van der Waals surface area contributed by atoms with Crippen molar-refractivity contribution in [2.75, 3.05) is 26.7 Å². The van der Waals surface area contributed by atoms with Gasteiger partial charge in [-0.05, 0) is 24.1 Å². The van der Waals surface area contributed by atoms with E-state index >= 15 is 0 Å². The smallest absolute Gasteiger partial charge is 0.0477 e. The van der Waals surface area contributed by atoms with E-state index in [1.807, 2.05) is 0 Å². The first-order valence-electron chi connectivity index (χ1n) is 6.51. The van der Waals surface area contributed by atoms with E-state index in [1.54, 1.807) is 0 Å². The standard InChI is InChI=1S/C15H23NO/c1-11(2)12-4-6-13(7-5-12)15-9-16(3)8-14(15)10-17/h4-7,11,14-15,17H,8-10H2,1-3H3. The predicted octanol–water partition coefficient (Wildman–Crippen LogP) is 2.45. The third-order valence-corrected chi connectivity index (χ3v) is 3.89. The van der Waals surface area contributed by atoms with Crippen LogP contribution in [-0.2, 0) is 0 Å². The Morgan fingerprint density at radius 3 is 2.41 bits per heavy atom. The zero-order chi connectivity index (χ0) is 12.4. The number of aliphatic hydroxyl groups is 1. The molecule has 1 saturated heterocycles. The summed E-state index contributed by atoms with van der Waals surface area (Å²) in [5, 5.41) is 9.43. The molecule has 0 aliphatic carbocycles. The summed E-state index contributed by atoms with van der Waals surface area (Å²) in [6, 6.07) is 8.93. The summed E-state index contributed by atoms with van der Waals surface area (Å²) >= 11 is 0. The molecule has 1 aliphatic heterocycles. The van der Waals surface area contributed by atoms with Crippen LogP contribution in [0.4, 0.5) is 0 Å². The summed E-state index contributed by atoms with van der Waals surface area (Å²) in [6.07, 6.45) is 0. The molecule has 2 nitrogen and oxygen atoms in total. The average Bonchev–Trinajstić information content (AvgIpc) is 2.70. The van der Waals surface area contributed by atoms with Crippen LogP contribution in [-0.4, -0.2) is 36.8 Å². The van der Waals surface area contributed by atoms with Crippen LogP contribution in [0.25, 0.3) is 0 Å². The first kappa shape index (κ1) is 12.6. The van der Waals surface area contributed by atoms with Gasteiger partial charge in [0.1, 0.15) is 0 Å². The molecule has 2 heteroatoms. The molecule has 94 valence electrons. The number of hydrogen-bond donors (Lipinski definition) is 1. The fraction of sp³-hybridized carbons (Fsp3) is 0.600. The first-order valence-corrected chi connectivity index (χ1v) is 6.51. The van der Waals surface area contributed by atoms with Crippen LogP contribution in [0.15, 0.2) is 24.3 Å². The Hall–Kier alpha value is -0.860. The third-order valence-electron chi connectivity index (χ3n) is 3.89. The Kier molecular flexibility index (Phi) is 3.85. The highest BCUT2D eigenvalue weighted by molar-refractivity contribution is 5.28. The number of likely N-dealkylation sites (tertiary alicyclic amines) is 1. The Balaban J connectivity index is 2.16. The fourth-order valence-electron chi connectivity index (χ4n) is 2.78. The molecule has 0 saturated carbocycles. The summed E-state index contributed by atoms with van der Waals surface area (Å²) in [5.41, 5.74) is 2.76. The van der Waals surface area contributed by atoms with E-state index in [-0.39, 0.29) is 0 Å². The molecule has 17 heavy (non-hydrogen) atoms. The van der Waals surface area contributed by atoms with Gasteiger partial charge in [-0.2, -0.15) is 0 Å². The molecule has 0 amide bonds. The molecule has 1 aromatic rings. The predicted molar refractivity (Wildman–Crippen MR) is 71.3 cm³/mol. The van der Waals surface area contributed by atoms with Crippen LogP contribution in [0.2, 0.25) is 0 Å². The van der Waals surface area contributed by atoms with Crippen molar-refractivity contribution in [3.05, 3.63) is 35.4 Å². The van der Waals surface area contributed by atoms with Gasteiger partial charge in [0, 0.05) is 31.5 Å². The Morgan fingerprint density at radius 2 is 1.88 bits per heavy atom. The summed E-state index contributed by atoms with van der Waals surface area (Å²) in [6.45, 7) is 6.80. The maximum absolute atomic E-state index is 9.43. The molecule has 1 aliphatic rings. The molecule has 0 spiro atoms. The summed E-state index contributed by atoms with van der Waals surface area (Å²) in [5.74, 6) is 1.47. The van der Waals surface area contributed by atoms with E-state index < -0.39 is 0 Å². The second-order valence-corrected chi connectivity index (χ2v) is 5.59. The van der Waals surface area contributed by atoms with E-state index in [4.69, 9.17) is 0 Å². The maximum Gasteiger partial charge on any atom is 0.0477 e. The van der Waals surface area contributed by atoms with Gasteiger partial charge in [-0.3, -0.25) is 0 Å². The van der Waals surface area contributed by atoms with E-state index in [0.717, 1.165) is 13.1 Å². The van der Waals surface area contributed by atoms with Gasteiger partial charge in [0.25, 0.3) is 0 Å². The van der Waals surface area contributed by atoms with E-state index in [2.05, 4.69) is 50.1 Å². The number of nitrogens with zero attached hydrogens (tertiary/aromatic N) is 1. The van der Waals surface area contributed by atoms with E-state index in [1.165, 1.54) is 11.1 Å². The van der Waals surface area contributed by atoms with Crippen LogP contribution < -0.4 is 0 Å². The lowest BCUT2D eigenvalue weighted by Gasteiger charge is -2.17. The summed E-state index contributed by atoms with van der Waals surface area (Å²) < 4.78 is 0. The van der Waals surface area contributed by atoms with Crippen molar-refractivity contribution in [1.29, 1.82) is 0 Å². The van der Waals surface area contributed by atoms with Crippen molar-refractivity contribution in [3.63, 3.8) is 0 Å². The van der Waals surface area contributed by atoms with Crippen LogP contribution >= 0.6 is 0 Å². The zero-order valence-corrected chi connectivity index (χ0v) is 11.1. The quantitative estimate of drug-likeness (QED) is 0.867. The molecule has 2 unspecified atom stereocenters. The van der Waals surface area contributed by atoms with E-state index in [0.29, 0.717) is 24.4 Å². The van der Waals surface area contributed by atoms with Crippen molar-refractivity contribution in [3.8, 4) is 0 Å². The molecule has 1 N–H and O–H groups in total. The normalized spacial score (nSPS) is 25.7. The minimum Gasteiger partial charge on any atom is -0.396 e. The van der Waals surface area contributed by atoms with Gasteiger partial charge in [-0.25, -0.2) is 0 Å². The highest BCUT2D eigenvalue weighted by Gasteiger charge is 2.31. The number of benzene rings is 1. The largest absolute Gasteiger partial charge is 0.396 e. The molecule has 1 aromatic carbocycles. The van der Waals surface area contributed by atoms with Gasteiger partial charge in [0.2, 0.25) is 0 Å². The number of aliphatic hydroxyl groups excluding tert-OH is 1. The Labute approximate surface area is 104 Å². The van der Waals surface area contributed by atoms with E-state index in [9.17, 15) is 5.11 Å². The summed E-state index contributed by atoms with van der Waals surface area (Å²) in [7, 11) is 2.13. The van der Waals surface area contributed by atoms with Gasteiger partial charge in [0.05, 0.1) is 0 Å². The van der Waals surface area contributed by atoms with Crippen LogP contribution in [0.1, 0.15) is 36.8 Å². The molecule has 0 bridgehead atoms. The molecule has 0 aromatic heterocycles. The topological polar surface area (TPSA) is 23.5 Å².